The summed E-state index contributed by atoms with van der Waals surface area (Å²) in [6, 6.07) is 23.0. The molecule has 0 amide bonds. The fourth-order valence-electron chi connectivity index (χ4n) is 2.59. The third kappa shape index (κ3) is 3.19. The van der Waals surface area contributed by atoms with Crippen LogP contribution in [0.5, 0.6) is 0 Å². The van der Waals surface area contributed by atoms with E-state index in [9.17, 15) is 5.11 Å². The smallest absolute Gasteiger partial charge is 0.0914 e. The molecule has 2 atom stereocenters. The number of hydrogen-bond donors (Lipinski definition) is 1. The van der Waals surface area contributed by atoms with Crippen LogP contribution in [0.3, 0.4) is 0 Å². The Morgan fingerprint density at radius 3 is 2.09 bits per heavy atom. The van der Waals surface area contributed by atoms with Crippen LogP contribution in [0.15, 0.2) is 79.0 Å². The van der Waals surface area contributed by atoms with E-state index >= 15 is 0 Å². The lowest BCUT2D eigenvalue weighted by Gasteiger charge is -2.23. The van der Waals surface area contributed by atoms with Gasteiger partial charge in [-0.05, 0) is 35.4 Å². The van der Waals surface area contributed by atoms with E-state index < -0.39 is 6.10 Å². The second kappa shape index (κ2) is 6.73. The molecule has 3 heteroatoms. The van der Waals surface area contributed by atoms with Crippen molar-refractivity contribution < 1.29 is 5.11 Å². The van der Waals surface area contributed by atoms with Gasteiger partial charge in [-0.1, -0.05) is 60.1 Å². The number of hydrogen-bond acceptors (Lipinski definition) is 2. The largest absolute Gasteiger partial charge is 0.387 e. The van der Waals surface area contributed by atoms with Gasteiger partial charge in [0.15, 0.2) is 0 Å². The second-order valence-electron chi connectivity index (χ2n) is 5.14. The highest BCUT2D eigenvalue weighted by atomic mass is 35.5. The highest BCUT2D eigenvalue weighted by Crippen LogP contribution is 2.35. The quantitative estimate of drug-likeness (QED) is 0.764. The van der Waals surface area contributed by atoms with Crippen LogP contribution in [0, 0.1) is 0 Å². The number of aromatic nitrogens is 1. The Hall–Kier alpha value is -2.16. The molecule has 0 aliphatic carbocycles. The number of rotatable bonds is 4. The van der Waals surface area contributed by atoms with Crippen molar-refractivity contribution in [2.75, 3.05) is 0 Å². The molecule has 0 spiro atoms. The third-order valence-corrected chi connectivity index (χ3v) is 3.94. The first-order valence-corrected chi connectivity index (χ1v) is 7.53. The van der Waals surface area contributed by atoms with Gasteiger partial charge in [-0.2, -0.15) is 0 Å². The van der Waals surface area contributed by atoms with Crippen molar-refractivity contribution in [3.63, 3.8) is 0 Å². The summed E-state index contributed by atoms with van der Waals surface area (Å²) in [5, 5.41) is 11.6. The zero-order chi connectivity index (χ0) is 15.4. The lowest BCUT2D eigenvalue weighted by molar-refractivity contribution is 0.157. The number of aliphatic hydroxyl groups is 1. The van der Waals surface area contributed by atoms with Gasteiger partial charge in [-0.3, -0.25) is 4.98 Å². The summed E-state index contributed by atoms with van der Waals surface area (Å²) in [6.45, 7) is 0. The van der Waals surface area contributed by atoms with Gasteiger partial charge in [-0.25, -0.2) is 0 Å². The Bertz CT molecular complexity index is 674. The normalized spacial score (nSPS) is 13.5. The molecule has 3 rings (SSSR count). The first-order valence-electron chi connectivity index (χ1n) is 7.15. The van der Waals surface area contributed by atoms with Gasteiger partial charge < -0.3 is 5.11 Å². The maximum absolute atomic E-state index is 10.9. The molecular formula is C19H16ClNO. The molecule has 0 aliphatic heterocycles. The molecule has 0 radical (unpaired) electrons. The van der Waals surface area contributed by atoms with Crippen molar-refractivity contribution in [2.45, 2.75) is 12.0 Å². The molecule has 2 nitrogen and oxygen atoms in total. The molecular weight excluding hydrogens is 294 g/mol. The van der Waals surface area contributed by atoms with Crippen LogP contribution >= 0.6 is 11.6 Å². The molecule has 0 aliphatic rings. The van der Waals surface area contributed by atoms with Crippen LogP contribution in [0.4, 0.5) is 0 Å². The SMILES string of the molecule is O[C@@H](c1ccc(Cl)cc1)[C@@H](c1ccccc1)c1ccccn1. The fourth-order valence-corrected chi connectivity index (χ4v) is 2.71. The zero-order valence-electron chi connectivity index (χ0n) is 11.9. The number of halogens is 1. The molecule has 1 heterocycles. The molecule has 22 heavy (non-hydrogen) atoms. The van der Waals surface area contributed by atoms with E-state index in [0.29, 0.717) is 5.02 Å². The van der Waals surface area contributed by atoms with E-state index in [1.807, 2.05) is 60.7 Å². The van der Waals surface area contributed by atoms with Gasteiger partial charge in [0.05, 0.1) is 17.7 Å². The minimum Gasteiger partial charge on any atom is -0.387 e. The molecule has 2 aromatic carbocycles. The summed E-state index contributed by atoms with van der Waals surface area (Å²) < 4.78 is 0. The lowest BCUT2D eigenvalue weighted by Crippen LogP contribution is -2.13. The van der Waals surface area contributed by atoms with Crippen LogP contribution in [0.1, 0.15) is 28.8 Å². The van der Waals surface area contributed by atoms with E-state index in [0.717, 1.165) is 16.8 Å². The Kier molecular flexibility index (Phi) is 4.52. The fraction of sp³-hybridized carbons (Fsp3) is 0.105. The van der Waals surface area contributed by atoms with Crippen LogP contribution in [-0.2, 0) is 0 Å². The van der Waals surface area contributed by atoms with E-state index in [4.69, 9.17) is 11.6 Å². The van der Waals surface area contributed by atoms with Crippen molar-refractivity contribution in [2.24, 2.45) is 0 Å². The van der Waals surface area contributed by atoms with Gasteiger partial charge in [0.1, 0.15) is 0 Å². The molecule has 0 saturated carbocycles. The van der Waals surface area contributed by atoms with Crippen molar-refractivity contribution in [3.05, 3.63) is 101 Å². The van der Waals surface area contributed by atoms with Crippen molar-refractivity contribution in [3.8, 4) is 0 Å². The molecule has 0 saturated heterocycles. The molecule has 1 aromatic heterocycles. The van der Waals surface area contributed by atoms with Gasteiger partial charge in [0.25, 0.3) is 0 Å². The van der Waals surface area contributed by atoms with Crippen molar-refractivity contribution in [1.29, 1.82) is 0 Å². The first kappa shape index (κ1) is 14.8. The standard InChI is InChI=1S/C19H16ClNO/c20-16-11-9-15(10-12-16)19(22)18(14-6-2-1-3-7-14)17-8-4-5-13-21-17/h1-13,18-19,22H/t18-,19-/m0/s1. The minimum absolute atomic E-state index is 0.219. The van der Waals surface area contributed by atoms with Crippen LogP contribution in [-0.4, -0.2) is 10.1 Å². The van der Waals surface area contributed by atoms with E-state index in [2.05, 4.69) is 4.98 Å². The highest BCUT2D eigenvalue weighted by molar-refractivity contribution is 6.30. The maximum atomic E-state index is 10.9. The molecule has 0 unspecified atom stereocenters. The predicted molar refractivity (Wildman–Crippen MR) is 88.9 cm³/mol. The molecule has 1 N–H and O–H groups in total. The molecule has 0 bridgehead atoms. The van der Waals surface area contributed by atoms with Crippen molar-refractivity contribution >= 4 is 11.6 Å². The Morgan fingerprint density at radius 1 is 0.773 bits per heavy atom. The topological polar surface area (TPSA) is 33.1 Å². The van der Waals surface area contributed by atoms with Crippen molar-refractivity contribution in [1.82, 2.24) is 4.98 Å². The Balaban J connectivity index is 2.04. The van der Waals surface area contributed by atoms with Crippen LogP contribution in [0.25, 0.3) is 0 Å². The summed E-state index contributed by atoms with van der Waals surface area (Å²) in [5.74, 6) is -0.219. The first-order chi connectivity index (χ1) is 10.8. The number of benzene rings is 2. The van der Waals surface area contributed by atoms with Gasteiger partial charge >= 0.3 is 0 Å². The monoisotopic (exact) mass is 309 g/mol. The molecule has 3 aromatic rings. The Labute approximate surface area is 135 Å². The maximum Gasteiger partial charge on any atom is 0.0914 e. The van der Waals surface area contributed by atoms with Gasteiger partial charge in [0, 0.05) is 11.2 Å². The van der Waals surface area contributed by atoms with E-state index in [1.165, 1.54) is 0 Å². The lowest BCUT2D eigenvalue weighted by atomic mass is 9.86. The van der Waals surface area contributed by atoms with E-state index in [1.54, 1.807) is 18.3 Å². The number of aliphatic hydroxyl groups excluding tert-OH is 1. The van der Waals surface area contributed by atoms with Crippen LogP contribution in [0.2, 0.25) is 5.02 Å². The predicted octanol–water partition coefficient (Wildman–Crippen LogP) is 4.60. The minimum atomic E-state index is -0.686. The second-order valence-corrected chi connectivity index (χ2v) is 5.58. The van der Waals surface area contributed by atoms with Crippen LogP contribution < -0.4 is 0 Å². The summed E-state index contributed by atoms with van der Waals surface area (Å²) in [7, 11) is 0. The number of pyridine rings is 1. The van der Waals surface area contributed by atoms with Gasteiger partial charge in [-0.15, -0.1) is 0 Å². The summed E-state index contributed by atoms with van der Waals surface area (Å²) in [4.78, 5) is 4.43. The Morgan fingerprint density at radius 2 is 1.45 bits per heavy atom. The summed E-state index contributed by atoms with van der Waals surface area (Å²) in [5.41, 5.74) is 2.70. The van der Waals surface area contributed by atoms with Gasteiger partial charge in [0.2, 0.25) is 0 Å². The highest BCUT2D eigenvalue weighted by Gasteiger charge is 2.25. The molecule has 0 fully saturated rings. The van der Waals surface area contributed by atoms with E-state index in [-0.39, 0.29) is 5.92 Å². The summed E-state index contributed by atoms with van der Waals surface area (Å²) >= 11 is 5.94. The molecule has 110 valence electrons. The third-order valence-electron chi connectivity index (χ3n) is 3.69. The average molecular weight is 310 g/mol. The number of nitrogens with zero attached hydrogens (tertiary/aromatic N) is 1. The average Bonchev–Trinajstić information content (AvgIpc) is 2.57. The zero-order valence-corrected chi connectivity index (χ0v) is 12.7. The summed E-state index contributed by atoms with van der Waals surface area (Å²) in [6.07, 6.45) is 1.06.